The Kier molecular flexibility index (Phi) is 8.90. The van der Waals surface area contributed by atoms with E-state index in [4.69, 9.17) is 26.8 Å². The molecule has 1 saturated carbocycles. The van der Waals surface area contributed by atoms with Gasteiger partial charge in [-0.15, -0.1) is 0 Å². The predicted octanol–water partition coefficient (Wildman–Crippen LogP) is 5.14. The van der Waals surface area contributed by atoms with Crippen molar-refractivity contribution in [1.82, 2.24) is 15.3 Å². The molecule has 2 aromatic carbocycles. The maximum absolute atomic E-state index is 15.1. The molecule has 0 aliphatic heterocycles. The molecule has 1 atom stereocenters. The number of benzene rings is 2. The second kappa shape index (κ2) is 12.5. The first-order valence-electron chi connectivity index (χ1n) is 14.1. The van der Waals surface area contributed by atoms with Crippen LogP contribution in [0.4, 0.5) is 13.2 Å². The Hall–Kier alpha value is -4.42. The third kappa shape index (κ3) is 6.38. The van der Waals surface area contributed by atoms with Gasteiger partial charge in [-0.3, -0.25) is 9.59 Å². The lowest BCUT2D eigenvalue weighted by atomic mass is 9.90. The second-order valence-corrected chi connectivity index (χ2v) is 11.3. The molecule has 0 saturated heterocycles. The Morgan fingerprint density at radius 2 is 1.80 bits per heavy atom. The van der Waals surface area contributed by atoms with Crippen LogP contribution in [0.15, 0.2) is 36.4 Å². The monoisotopic (exact) mass is 642 g/mol. The van der Waals surface area contributed by atoms with Gasteiger partial charge in [-0.25, -0.2) is 23.1 Å². The highest BCUT2D eigenvalue weighted by molar-refractivity contribution is 6.31. The van der Waals surface area contributed by atoms with Crippen molar-refractivity contribution in [2.45, 2.75) is 38.7 Å². The summed E-state index contributed by atoms with van der Waals surface area (Å²) >= 11 is 6.26. The zero-order chi connectivity index (χ0) is 32.6. The maximum Gasteiger partial charge on any atom is 0.251 e. The molecule has 1 fully saturated rings. The van der Waals surface area contributed by atoms with Crippen molar-refractivity contribution in [2.24, 2.45) is 11.7 Å². The lowest BCUT2D eigenvalue weighted by molar-refractivity contribution is -0.117. The van der Waals surface area contributed by atoms with Gasteiger partial charge in [0.05, 0.1) is 43.1 Å². The third-order valence-electron chi connectivity index (χ3n) is 7.68. The maximum atomic E-state index is 15.1. The summed E-state index contributed by atoms with van der Waals surface area (Å²) in [7, 11) is 1.45. The standard InChI is InChI=1S/C32H30ClF3N4O5/c1-4-45-30-17(11-27(37)41)10-26(40-29(30)20-12-23(35)24(36)13-22(20)34)32(43,19-5-6-19)14-38-31(42)18-7-16-8-21(33)15(2)39-28(16)25(9-18)44-3/h7-10,12-13,19,43H,4-6,11,14H2,1-3H3,(H2,37,41)(H,38,42)/t32-/m1/s1. The molecule has 2 aromatic heterocycles. The highest BCUT2D eigenvalue weighted by Crippen LogP contribution is 2.47. The Morgan fingerprint density at radius 1 is 1.09 bits per heavy atom. The van der Waals surface area contributed by atoms with E-state index >= 15 is 4.39 Å². The van der Waals surface area contributed by atoms with Crippen molar-refractivity contribution < 1.29 is 37.3 Å². The van der Waals surface area contributed by atoms with Gasteiger partial charge in [0.2, 0.25) is 5.91 Å². The topological polar surface area (TPSA) is 137 Å². The number of aryl methyl sites for hydroxylation is 1. The average molecular weight is 643 g/mol. The number of fused-ring (bicyclic) bond motifs is 1. The van der Waals surface area contributed by atoms with E-state index in [-0.39, 0.29) is 53.8 Å². The molecule has 2 heterocycles. The van der Waals surface area contributed by atoms with Crippen LogP contribution in [0.1, 0.15) is 47.1 Å². The Morgan fingerprint density at radius 3 is 2.44 bits per heavy atom. The van der Waals surface area contributed by atoms with Crippen LogP contribution in [0.3, 0.4) is 0 Å². The predicted molar refractivity (Wildman–Crippen MR) is 161 cm³/mol. The number of carbonyl (C=O) groups is 2. The molecule has 4 aromatic rings. The molecule has 0 radical (unpaired) electrons. The molecule has 13 heteroatoms. The number of primary amides is 1. The van der Waals surface area contributed by atoms with Gasteiger partial charge in [-0.2, -0.15) is 0 Å². The molecular formula is C32H30ClF3N4O5. The summed E-state index contributed by atoms with van der Waals surface area (Å²) in [6.07, 6.45) is 0.770. The lowest BCUT2D eigenvalue weighted by Gasteiger charge is -2.30. The van der Waals surface area contributed by atoms with Gasteiger partial charge < -0.3 is 25.6 Å². The number of halogens is 4. The number of methoxy groups -OCH3 is 1. The molecule has 1 aliphatic rings. The zero-order valence-corrected chi connectivity index (χ0v) is 25.4. The fourth-order valence-corrected chi connectivity index (χ4v) is 5.41. The Balaban J connectivity index is 1.57. The van der Waals surface area contributed by atoms with Crippen LogP contribution in [0.2, 0.25) is 5.02 Å². The first-order chi connectivity index (χ1) is 21.4. The van der Waals surface area contributed by atoms with E-state index in [1.165, 1.54) is 19.2 Å². The summed E-state index contributed by atoms with van der Waals surface area (Å²) in [5.74, 6) is -5.29. The number of carbonyl (C=O) groups excluding carboxylic acids is 2. The number of hydrogen-bond donors (Lipinski definition) is 3. The zero-order valence-electron chi connectivity index (χ0n) is 24.6. The van der Waals surface area contributed by atoms with E-state index in [1.54, 1.807) is 26.0 Å². The molecule has 45 heavy (non-hydrogen) atoms. The molecule has 5 rings (SSSR count). The number of rotatable bonds is 11. The summed E-state index contributed by atoms with van der Waals surface area (Å²) in [6, 6.07) is 7.17. The summed E-state index contributed by atoms with van der Waals surface area (Å²) in [4.78, 5) is 34.4. The fourth-order valence-electron chi connectivity index (χ4n) is 5.25. The van der Waals surface area contributed by atoms with E-state index in [0.717, 1.165) is 0 Å². The van der Waals surface area contributed by atoms with E-state index in [0.29, 0.717) is 52.3 Å². The number of pyridine rings is 2. The quantitative estimate of drug-likeness (QED) is 0.193. The van der Waals surface area contributed by atoms with Gasteiger partial charge in [-0.1, -0.05) is 11.6 Å². The number of nitrogens with two attached hydrogens (primary N) is 1. The van der Waals surface area contributed by atoms with E-state index < -0.39 is 40.4 Å². The lowest BCUT2D eigenvalue weighted by Crippen LogP contribution is -2.43. The van der Waals surface area contributed by atoms with Crippen LogP contribution in [0.25, 0.3) is 22.2 Å². The third-order valence-corrected chi connectivity index (χ3v) is 8.06. The molecule has 9 nitrogen and oxygen atoms in total. The highest BCUT2D eigenvalue weighted by atomic mass is 35.5. The van der Waals surface area contributed by atoms with Crippen molar-refractivity contribution in [1.29, 1.82) is 0 Å². The molecule has 4 N–H and O–H groups in total. The van der Waals surface area contributed by atoms with Crippen molar-refractivity contribution in [3.63, 3.8) is 0 Å². The largest absolute Gasteiger partial charge is 0.494 e. The fraction of sp³-hybridized carbons (Fsp3) is 0.312. The number of amides is 2. The minimum atomic E-state index is -1.81. The van der Waals surface area contributed by atoms with Gasteiger partial charge in [0, 0.05) is 28.1 Å². The van der Waals surface area contributed by atoms with Crippen LogP contribution in [0.5, 0.6) is 11.5 Å². The van der Waals surface area contributed by atoms with Crippen LogP contribution < -0.4 is 20.5 Å². The minimum Gasteiger partial charge on any atom is -0.494 e. The number of aromatic nitrogens is 2. The molecule has 0 spiro atoms. The molecule has 0 unspecified atom stereocenters. The number of aliphatic hydroxyl groups is 1. The summed E-state index contributed by atoms with van der Waals surface area (Å²) in [5.41, 5.74) is 4.41. The number of nitrogens with one attached hydrogen (secondary N) is 1. The average Bonchev–Trinajstić information content (AvgIpc) is 3.85. The summed E-state index contributed by atoms with van der Waals surface area (Å²) in [5, 5.41) is 15.8. The van der Waals surface area contributed by atoms with E-state index in [9.17, 15) is 23.5 Å². The molecule has 0 bridgehead atoms. The molecule has 236 valence electrons. The van der Waals surface area contributed by atoms with Crippen molar-refractivity contribution in [3.8, 4) is 22.8 Å². The first-order valence-corrected chi connectivity index (χ1v) is 14.5. The molecule has 2 amide bonds. The van der Waals surface area contributed by atoms with Crippen LogP contribution in [-0.2, 0) is 16.8 Å². The van der Waals surface area contributed by atoms with Crippen LogP contribution in [-0.4, -0.2) is 47.2 Å². The van der Waals surface area contributed by atoms with Gasteiger partial charge in [0.15, 0.2) is 11.6 Å². The SMILES string of the molecule is CCOc1c(CC(N)=O)cc([C@@](O)(CNC(=O)c2cc(OC)c3nc(C)c(Cl)cc3c2)C2CC2)nc1-c1cc(F)c(F)cc1F. The second-order valence-electron chi connectivity index (χ2n) is 10.9. The Bertz CT molecular complexity index is 1840. The van der Waals surface area contributed by atoms with Crippen LogP contribution in [0, 0.1) is 30.3 Å². The van der Waals surface area contributed by atoms with Gasteiger partial charge in [-0.05, 0) is 62.9 Å². The van der Waals surface area contributed by atoms with Gasteiger partial charge in [0.25, 0.3) is 5.91 Å². The van der Waals surface area contributed by atoms with Crippen molar-refractivity contribution in [2.75, 3.05) is 20.3 Å². The molecular weight excluding hydrogens is 613 g/mol. The van der Waals surface area contributed by atoms with E-state index in [1.807, 2.05) is 0 Å². The highest BCUT2D eigenvalue weighted by Gasteiger charge is 2.47. The number of hydrogen-bond acceptors (Lipinski definition) is 7. The first kappa shape index (κ1) is 32.0. The smallest absolute Gasteiger partial charge is 0.251 e. The van der Waals surface area contributed by atoms with Crippen molar-refractivity contribution >= 4 is 34.3 Å². The van der Waals surface area contributed by atoms with E-state index in [2.05, 4.69) is 15.3 Å². The number of nitrogens with zero attached hydrogens (tertiary/aromatic N) is 2. The minimum absolute atomic E-state index is 0.0355. The van der Waals surface area contributed by atoms with Crippen LogP contribution >= 0.6 is 11.6 Å². The van der Waals surface area contributed by atoms with Gasteiger partial charge >= 0.3 is 0 Å². The molecule has 1 aliphatic carbocycles. The normalized spacial score (nSPS) is 14.2. The Labute approximate surface area is 261 Å². The van der Waals surface area contributed by atoms with Gasteiger partial charge in [0.1, 0.15) is 34.1 Å². The summed E-state index contributed by atoms with van der Waals surface area (Å²) in [6.45, 7) is 3.11. The summed E-state index contributed by atoms with van der Waals surface area (Å²) < 4.78 is 54.3. The number of ether oxygens (including phenoxy) is 2. The van der Waals surface area contributed by atoms with Crippen molar-refractivity contribution in [3.05, 3.63) is 81.4 Å².